The Bertz CT molecular complexity index is 2800. The molecule has 11 nitrogen and oxygen atoms in total. The largest absolute Gasteiger partial charge is 0.381 e. The first-order chi connectivity index (χ1) is 26.0. The summed E-state index contributed by atoms with van der Waals surface area (Å²) in [4.78, 5) is 43.5. The molecule has 0 aliphatic heterocycles. The third kappa shape index (κ3) is 6.48. The first-order valence-corrected chi connectivity index (χ1v) is 17.0. The number of para-hydroxylation sites is 2. The number of amides is 1. The molecule has 0 unspecified atom stereocenters. The van der Waals surface area contributed by atoms with E-state index in [9.17, 15) is 23.2 Å². The number of nitrogen functional groups attached to an aromatic ring is 1. The smallest absolute Gasteiger partial charge is 0.266 e. The number of aromatic nitrogens is 5. The van der Waals surface area contributed by atoms with Crippen molar-refractivity contribution in [3.8, 4) is 11.4 Å². The van der Waals surface area contributed by atoms with Crippen LogP contribution in [0.3, 0.4) is 0 Å². The molecule has 0 fully saturated rings. The van der Waals surface area contributed by atoms with E-state index in [0.29, 0.717) is 39.2 Å². The standard InChI is InChI=1S/C24H19FN6O2.C17H15FN2O/c1-14(28-23(32)20-21(26)29-30-12-6-11-27-22(20)30)18-13-15-7-5-10-17(25)19(15)24(33)31(18)16-8-3-2-4-9-16;1-11(19)15-10-12-6-5-9-14(18)16(12)17(21)20(15)13-7-3-2-4-8-13/h2-14H,1H3,(H2,26,29)(H,28,32);2-11H,19H2,1H3/t14-;11-/m00/s1. The van der Waals surface area contributed by atoms with E-state index in [1.54, 1.807) is 105 Å². The second kappa shape index (κ2) is 14.6. The zero-order valence-electron chi connectivity index (χ0n) is 29.2. The Labute approximate surface area is 306 Å². The van der Waals surface area contributed by atoms with Crippen LogP contribution in [-0.2, 0) is 0 Å². The van der Waals surface area contributed by atoms with E-state index in [1.807, 2.05) is 24.3 Å². The third-order valence-corrected chi connectivity index (χ3v) is 8.98. The van der Waals surface area contributed by atoms with Crippen LogP contribution in [0.25, 0.3) is 38.6 Å². The highest BCUT2D eigenvalue weighted by Gasteiger charge is 2.24. The summed E-state index contributed by atoms with van der Waals surface area (Å²) in [6, 6.07) is 31.3. The van der Waals surface area contributed by atoms with Gasteiger partial charge in [0.05, 0.1) is 16.8 Å². The molecule has 13 heteroatoms. The normalized spacial score (nSPS) is 12.3. The quantitative estimate of drug-likeness (QED) is 0.179. The fourth-order valence-corrected chi connectivity index (χ4v) is 6.48. The number of anilines is 1. The number of halogens is 2. The number of carbonyl (C=O) groups is 1. The van der Waals surface area contributed by atoms with E-state index in [0.717, 1.165) is 0 Å². The third-order valence-electron chi connectivity index (χ3n) is 8.98. The molecule has 1 amide bonds. The predicted molar refractivity (Wildman–Crippen MR) is 205 cm³/mol. The van der Waals surface area contributed by atoms with Gasteiger partial charge in [-0.05, 0) is 79.2 Å². The van der Waals surface area contributed by atoms with Gasteiger partial charge in [-0.1, -0.05) is 60.7 Å². The summed E-state index contributed by atoms with van der Waals surface area (Å²) >= 11 is 0. The average Bonchev–Trinajstić information content (AvgIpc) is 3.51. The van der Waals surface area contributed by atoms with Crippen molar-refractivity contribution in [3.05, 3.63) is 177 Å². The first kappa shape index (κ1) is 35.4. The van der Waals surface area contributed by atoms with Crippen LogP contribution in [0.15, 0.2) is 137 Å². The molecule has 0 aliphatic rings. The van der Waals surface area contributed by atoms with Crippen LogP contribution in [-0.4, -0.2) is 29.6 Å². The highest BCUT2D eigenvalue weighted by molar-refractivity contribution is 6.04. The van der Waals surface area contributed by atoms with Gasteiger partial charge in [0.15, 0.2) is 11.5 Å². The maximum Gasteiger partial charge on any atom is 0.266 e. The SMILES string of the molecule is C[C@H](N)c1cc2cccc(F)c2c(=O)n1-c1ccccc1.C[C@H](NC(=O)c1c(N)nn2cccnc12)c1cc2cccc(F)c2c(=O)n1-c1ccccc1. The van der Waals surface area contributed by atoms with Crippen molar-refractivity contribution in [3.63, 3.8) is 0 Å². The van der Waals surface area contributed by atoms with Gasteiger partial charge in [-0.2, -0.15) is 0 Å². The molecule has 0 spiro atoms. The maximum atomic E-state index is 14.6. The summed E-state index contributed by atoms with van der Waals surface area (Å²) in [6.45, 7) is 3.55. The van der Waals surface area contributed by atoms with E-state index in [1.165, 1.54) is 25.8 Å². The van der Waals surface area contributed by atoms with Gasteiger partial charge < -0.3 is 16.8 Å². The zero-order valence-corrected chi connectivity index (χ0v) is 29.2. The minimum Gasteiger partial charge on any atom is -0.381 e. The Morgan fingerprint density at radius 2 is 1.24 bits per heavy atom. The second-order valence-corrected chi connectivity index (χ2v) is 12.6. The molecular formula is C41H34F2N8O3. The minimum absolute atomic E-state index is 0.0142. The molecule has 2 atom stereocenters. The topological polar surface area (TPSA) is 155 Å². The van der Waals surface area contributed by atoms with Crippen LogP contribution < -0.4 is 27.9 Å². The number of carbonyl (C=O) groups excluding carboxylic acids is 1. The molecule has 4 heterocycles. The molecule has 0 radical (unpaired) electrons. The molecule has 5 N–H and O–H groups in total. The van der Waals surface area contributed by atoms with E-state index in [-0.39, 0.29) is 33.8 Å². The van der Waals surface area contributed by atoms with Gasteiger partial charge in [0.2, 0.25) is 0 Å². The summed E-state index contributed by atoms with van der Waals surface area (Å²) < 4.78 is 32.9. The number of hydrogen-bond donors (Lipinski definition) is 3. The van der Waals surface area contributed by atoms with Gasteiger partial charge in [-0.15, -0.1) is 5.10 Å². The van der Waals surface area contributed by atoms with Gasteiger partial charge in [0, 0.05) is 41.2 Å². The van der Waals surface area contributed by atoms with Crippen molar-refractivity contribution in [2.45, 2.75) is 25.9 Å². The van der Waals surface area contributed by atoms with E-state index in [2.05, 4.69) is 15.4 Å². The predicted octanol–water partition coefficient (Wildman–Crippen LogP) is 6.40. The number of fused-ring (bicyclic) bond motifs is 3. The number of hydrogen-bond acceptors (Lipinski definition) is 7. The van der Waals surface area contributed by atoms with Crippen LogP contribution in [0.2, 0.25) is 0 Å². The number of pyridine rings is 2. The Kier molecular flexibility index (Phi) is 9.55. The lowest BCUT2D eigenvalue weighted by molar-refractivity contribution is 0.0941. The van der Waals surface area contributed by atoms with Gasteiger partial charge >= 0.3 is 0 Å². The van der Waals surface area contributed by atoms with Crippen molar-refractivity contribution in [1.82, 2.24) is 29.0 Å². The monoisotopic (exact) mass is 724 g/mol. The average molecular weight is 725 g/mol. The highest BCUT2D eigenvalue weighted by atomic mass is 19.1. The van der Waals surface area contributed by atoms with Crippen LogP contribution in [0.4, 0.5) is 14.6 Å². The number of nitrogens with one attached hydrogen (secondary N) is 1. The summed E-state index contributed by atoms with van der Waals surface area (Å²) in [5, 5.41) is 8.09. The van der Waals surface area contributed by atoms with E-state index < -0.39 is 29.1 Å². The lowest BCUT2D eigenvalue weighted by Gasteiger charge is -2.21. The van der Waals surface area contributed by atoms with Crippen molar-refractivity contribution in [2.24, 2.45) is 5.73 Å². The van der Waals surface area contributed by atoms with Crippen molar-refractivity contribution in [2.75, 3.05) is 5.73 Å². The molecular weight excluding hydrogens is 690 g/mol. The minimum atomic E-state index is -0.629. The van der Waals surface area contributed by atoms with Crippen LogP contribution in [0.5, 0.6) is 0 Å². The lowest BCUT2D eigenvalue weighted by Crippen LogP contribution is -2.32. The van der Waals surface area contributed by atoms with Crippen molar-refractivity contribution in [1.29, 1.82) is 0 Å². The zero-order chi connectivity index (χ0) is 38.1. The molecule has 0 bridgehead atoms. The molecule has 4 aromatic carbocycles. The Morgan fingerprint density at radius 3 is 1.78 bits per heavy atom. The number of benzene rings is 4. The molecule has 0 aliphatic carbocycles. The highest BCUT2D eigenvalue weighted by Crippen LogP contribution is 2.25. The summed E-state index contributed by atoms with van der Waals surface area (Å²) in [5.74, 6) is -1.56. The molecule has 270 valence electrons. The van der Waals surface area contributed by atoms with Crippen LogP contribution in [0, 0.1) is 11.6 Å². The number of nitrogens with two attached hydrogens (primary N) is 2. The van der Waals surface area contributed by atoms with Gasteiger partial charge in [-0.25, -0.2) is 18.3 Å². The molecule has 8 aromatic rings. The molecule has 0 saturated heterocycles. The van der Waals surface area contributed by atoms with Gasteiger partial charge in [0.25, 0.3) is 17.0 Å². The Balaban J connectivity index is 0.000000184. The Morgan fingerprint density at radius 1 is 0.722 bits per heavy atom. The number of nitrogens with zero attached hydrogens (tertiary/aromatic N) is 5. The summed E-state index contributed by atoms with van der Waals surface area (Å²) in [6.07, 6.45) is 3.19. The molecule has 0 saturated carbocycles. The van der Waals surface area contributed by atoms with Gasteiger partial charge in [0.1, 0.15) is 17.2 Å². The lowest BCUT2D eigenvalue weighted by atomic mass is 10.1. The molecule has 4 aromatic heterocycles. The second-order valence-electron chi connectivity index (χ2n) is 12.6. The van der Waals surface area contributed by atoms with E-state index >= 15 is 0 Å². The first-order valence-electron chi connectivity index (χ1n) is 17.0. The fraction of sp³-hybridized carbons (Fsp3) is 0.0976. The Hall–Kier alpha value is -6.99. The summed E-state index contributed by atoms with van der Waals surface area (Å²) in [5.41, 5.74) is 13.9. The van der Waals surface area contributed by atoms with Crippen molar-refractivity contribution < 1.29 is 13.6 Å². The van der Waals surface area contributed by atoms with Crippen molar-refractivity contribution >= 4 is 38.9 Å². The fourth-order valence-electron chi connectivity index (χ4n) is 6.48. The number of rotatable bonds is 6. The molecule has 54 heavy (non-hydrogen) atoms. The maximum absolute atomic E-state index is 14.6. The van der Waals surface area contributed by atoms with Crippen LogP contribution >= 0.6 is 0 Å². The van der Waals surface area contributed by atoms with E-state index in [4.69, 9.17) is 11.5 Å². The van der Waals surface area contributed by atoms with Crippen LogP contribution in [0.1, 0.15) is 47.7 Å². The molecule has 8 rings (SSSR count). The van der Waals surface area contributed by atoms with Gasteiger partial charge in [-0.3, -0.25) is 23.5 Å². The summed E-state index contributed by atoms with van der Waals surface area (Å²) in [7, 11) is 0.